The first kappa shape index (κ1) is 19.4. The van der Waals surface area contributed by atoms with Crippen LogP contribution in [0.25, 0.3) is 0 Å². The van der Waals surface area contributed by atoms with Crippen molar-refractivity contribution in [2.45, 2.75) is 62.3 Å². The zero-order valence-electron chi connectivity index (χ0n) is 13.2. The highest BCUT2D eigenvalue weighted by Gasteiger charge is 2.26. The smallest absolute Gasteiger partial charge is 0.191 e. The molecule has 2 rings (SSSR count). The lowest BCUT2D eigenvalue weighted by atomic mass is 9.95. The third-order valence-corrected chi connectivity index (χ3v) is 5.77. The number of aliphatic imine (C=N–C) groups is 1. The fraction of sp³-hybridized carbons (Fsp3) is 0.933. The number of nitrogens with zero attached hydrogens (tertiary/aromatic N) is 1. The Labute approximate surface area is 150 Å². The number of rotatable bonds is 4. The van der Waals surface area contributed by atoms with Gasteiger partial charge in [0.15, 0.2) is 5.96 Å². The molecule has 4 unspecified atom stereocenters. The molecule has 0 spiro atoms. The van der Waals surface area contributed by atoms with Crippen molar-refractivity contribution < 1.29 is 5.11 Å². The Kier molecular flexibility index (Phi) is 9.36. The quantitative estimate of drug-likeness (QED) is 0.367. The molecule has 124 valence electrons. The highest BCUT2D eigenvalue weighted by molar-refractivity contribution is 14.0. The third-order valence-electron chi connectivity index (χ3n) is 4.67. The maximum Gasteiger partial charge on any atom is 0.191 e. The first-order chi connectivity index (χ1) is 9.72. The number of thioether (sulfide) groups is 1. The van der Waals surface area contributed by atoms with E-state index in [2.05, 4.69) is 21.9 Å². The molecule has 2 saturated carbocycles. The molecule has 0 aliphatic heterocycles. The molecule has 2 aliphatic carbocycles. The second kappa shape index (κ2) is 10.2. The van der Waals surface area contributed by atoms with Gasteiger partial charge in [-0.05, 0) is 38.4 Å². The molecule has 0 aromatic carbocycles. The lowest BCUT2D eigenvalue weighted by Gasteiger charge is -2.30. The molecule has 0 heterocycles. The standard InChI is InChI=1S/C15H29N3OS.HI/c1-16-15(17-10-11-5-3-8-14(11)19)18-12-6-4-7-13(9-12)20-2;/h11-14,19H,3-10H2,1-2H3,(H2,16,17,18);1H. The Morgan fingerprint density at radius 2 is 2.00 bits per heavy atom. The van der Waals surface area contributed by atoms with E-state index in [-0.39, 0.29) is 30.1 Å². The summed E-state index contributed by atoms with van der Waals surface area (Å²) in [5, 5.41) is 17.6. The van der Waals surface area contributed by atoms with Gasteiger partial charge in [0.2, 0.25) is 0 Å². The molecule has 4 nitrogen and oxygen atoms in total. The Balaban J connectivity index is 0.00000220. The Hall–Kier alpha value is 0.310. The van der Waals surface area contributed by atoms with Crippen molar-refractivity contribution in [2.75, 3.05) is 19.8 Å². The van der Waals surface area contributed by atoms with Crippen molar-refractivity contribution in [2.24, 2.45) is 10.9 Å². The van der Waals surface area contributed by atoms with Gasteiger partial charge in [-0.1, -0.05) is 12.8 Å². The van der Waals surface area contributed by atoms with Crippen molar-refractivity contribution in [1.29, 1.82) is 0 Å². The van der Waals surface area contributed by atoms with Crippen LogP contribution in [0.2, 0.25) is 0 Å². The number of hydrogen-bond acceptors (Lipinski definition) is 3. The van der Waals surface area contributed by atoms with Gasteiger partial charge in [0.25, 0.3) is 0 Å². The second-order valence-electron chi connectivity index (χ2n) is 6.08. The average Bonchev–Trinajstić information content (AvgIpc) is 2.89. The van der Waals surface area contributed by atoms with Crippen LogP contribution >= 0.6 is 35.7 Å². The van der Waals surface area contributed by atoms with Gasteiger partial charge < -0.3 is 15.7 Å². The zero-order valence-corrected chi connectivity index (χ0v) is 16.3. The highest BCUT2D eigenvalue weighted by Crippen LogP contribution is 2.27. The Morgan fingerprint density at radius 3 is 2.62 bits per heavy atom. The van der Waals surface area contributed by atoms with Crippen LogP contribution in [-0.4, -0.2) is 48.3 Å². The molecule has 0 amide bonds. The van der Waals surface area contributed by atoms with Gasteiger partial charge in [0.05, 0.1) is 6.10 Å². The summed E-state index contributed by atoms with van der Waals surface area (Å²) in [7, 11) is 1.83. The predicted octanol–water partition coefficient (Wildman–Crippen LogP) is 2.60. The fourth-order valence-electron chi connectivity index (χ4n) is 3.36. The van der Waals surface area contributed by atoms with E-state index in [1.54, 1.807) is 0 Å². The summed E-state index contributed by atoms with van der Waals surface area (Å²) in [5.74, 6) is 1.29. The Morgan fingerprint density at radius 1 is 1.24 bits per heavy atom. The summed E-state index contributed by atoms with van der Waals surface area (Å²) in [6.07, 6.45) is 10.4. The van der Waals surface area contributed by atoms with Crippen LogP contribution in [0.5, 0.6) is 0 Å². The monoisotopic (exact) mass is 427 g/mol. The molecule has 0 radical (unpaired) electrons. The van der Waals surface area contributed by atoms with Gasteiger partial charge >= 0.3 is 0 Å². The second-order valence-corrected chi connectivity index (χ2v) is 7.22. The summed E-state index contributed by atoms with van der Waals surface area (Å²) >= 11 is 1.98. The van der Waals surface area contributed by atoms with E-state index in [1.807, 2.05) is 18.8 Å². The maximum absolute atomic E-state index is 9.86. The SMILES string of the molecule is CN=C(NCC1CCCC1O)NC1CCCC(SC)C1.I. The van der Waals surface area contributed by atoms with Crippen molar-refractivity contribution >= 4 is 41.7 Å². The van der Waals surface area contributed by atoms with Gasteiger partial charge in [-0.25, -0.2) is 0 Å². The molecule has 0 saturated heterocycles. The third kappa shape index (κ3) is 6.14. The molecule has 0 aromatic heterocycles. The van der Waals surface area contributed by atoms with Crippen molar-refractivity contribution in [3.05, 3.63) is 0 Å². The molecule has 0 aromatic rings. The summed E-state index contributed by atoms with van der Waals surface area (Å²) in [6, 6.07) is 0.543. The molecule has 0 bridgehead atoms. The minimum absolute atomic E-state index is 0. The largest absolute Gasteiger partial charge is 0.393 e. The van der Waals surface area contributed by atoms with Crippen LogP contribution < -0.4 is 10.6 Å². The van der Waals surface area contributed by atoms with E-state index in [1.165, 1.54) is 25.7 Å². The molecule has 3 N–H and O–H groups in total. The molecule has 6 heteroatoms. The van der Waals surface area contributed by atoms with E-state index in [0.29, 0.717) is 12.0 Å². The van der Waals surface area contributed by atoms with E-state index in [4.69, 9.17) is 0 Å². The normalized spacial score (nSPS) is 33.4. The minimum atomic E-state index is -0.129. The lowest BCUT2D eigenvalue weighted by molar-refractivity contribution is 0.134. The molecule has 4 atom stereocenters. The zero-order chi connectivity index (χ0) is 14.4. The number of aliphatic hydroxyl groups excluding tert-OH is 1. The average molecular weight is 427 g/mol. The van der Waals surface area contributed by atoms with Crippen molar-refractivity contribution in [1.82, 2.24) is 10.6 Å². The van der Waals surface area contributed by atoms with Gasteiger partial charge in [0.1, 0.15) is 0 Å². The first-order valence-electron chi connectivity index (χ1n) is 7.91. The van der Waals surface area contributed by atoms with Crippen LogP contribution in [-0.2, 0) is 0 Å². The number of hydrogen-bond donors (Lipinski definition) is 3. The van der Waals surface area contributed by atoms with Gasteiger partial charge in [-0.2, -0.15) is 11.8 Å². The summed E-state index contributed by atoms with van der Waals surface area (Å²) < 4.78 is 0. The van der Waals surface area contributed by atoms with Crippen LogP contribution in [0.15, 0.2) is 4.99 Å². The van der Waals surface area contributed by atoms with Crippen molar-refractivity contribution in [3.8, 4) is 0 Å². The number of guanidine groups is 1. The molecular weight excluding hydrogens is 397 g/mol. The highest BCUT2D eigenvalue weighted by atomic mass is 127. The first-order valence-corrected chi connectivity index (χ1v) is 9.19. The Bertz CT molecular complexity index is 330. The fourth-order valence-corrected chi connectivity index (χ4v) is 4.19. The van der Waals surface area contributed by atoms with Gasteiger partial charge in [-0.3, -0.25) is 4.99 Å². The van der Waals surface area contributed by atoms with E-state index >= 15 is 0 Å². The summed E-state index contributed by atoms with van der Waals surface area (Å²) in [5.41, 5.74) is 0. The van der Waals surface area contributed by atoms with Crippen LogP contribution in [0.4, 0.5) is 0 Å². The van der Waals surface area contributed by atoms with E-state index in [0.717, 1.165) is 37.0 Å². The maximum atomic E-state index is 9.86. The summed E-state index contributed by atoms with van der Waals surface area (Å²) in [6.45, 7) is 0.833. The number of halogens is 1. The lowest BCUT2D eigenvalue weighted by Crippen LogP contribution is -2.47. The predicted molar refractivity (Wildman–Crippen MR) is 103 cm³/mol. The van der Waals surface area contributed by atoms with Crippen LogP contribution in [0.1, 0.15) is 44.9 Å². The van der Waals surface area contributed by atoms with Crippen LogP contribution in [0.3, 0.4) is 0 Å². The number of nitrogens with one attached hydrogen (secondary N) is 2. The van der Waals surface area contributed by atoms with E-state index in [9.17, 15) is 5.11 Å². The van der Waals surface area contributed by atoms with Crippen molar-refractivity contribution in [3.63, 3.8) is 0 Å². The van der Waals surface area contributed by atoms with Crippen LogP contribution in [0, 0.1) is 5.92 Å². The van der Waals surface area contributed by atoms with E-state index < -0.39 is 0 Å². The minimum Gasteiger partial charge on any atom is -0.393 e. The molecule has 21 heavy (non-hydrogen) atoms. The molecule has 2 aliphatic rings. The summed E-state index contributed by atoms with van der Waals surface area (Å²) in [4.78, 5) is 4.33. The topological polar surface area (TPSA) is 56.7 Å². The van der Waals surface area contributed by atoms with Gasteiger partial charge in [-0.15, -0.1) is 24.0 Å². The number of aliphatic hydroxyl groups is 1. The molecular formula is C15H30IN3OS. The van der Waals surface area contributed by atoms with Gasteiger partial charge in [0, 0.05) is 30.8 Å². The molecule has 2 fully saturated rings.